The standard InChI is InChI=1S/C8H19NO5/c1-6-14-9(13-5)7-8(10-2,11-3)12-4/h6-7H2,1-5H3. The maximum absolute atomic E-state index is 5.12. The average Bonchev–Trinajstić information content (AvgIpc) is 2.25. The predicted octanol–water partition coefficient (Wildman–Crippen LogP) is 0.394. The summed E-state index contributed by atoms with van der Waals surface area (Å²) in [6, 6.07) is 0. The molecule has 0 N–H and O–H groups in total. The molecule has 0 aliphatic heterocycles. The number of methoxy groups -OCH3 is 3. The normalized spacial score (nSPS) is 12.4. The Balaban J connectivity index is 4.24. The summed E-state index contributed by atoms with van der Waals surface area (Å²) in [7, 11) is 5.92. The van der Waals surface area contributed by atoms with E-state index in [1.165, 1.54) is 33.7 Å². The van der Waals surface area contributed by atoms with E-state index >= 15 is 0 Å². The van der Waals surface area contributed by atoms with Crippen LogP contribution in [0.1, 0.15) is 6.92 Å². The Morgan fingerprint density at radius 3 is 1.79 bits per heavy atom. The Bertz CT molecular complexity index is 131. The van der Waals surface area contributed by atoms with Gasteiger partial charge in [-0.15, -0.1) is 0 Å². The van der Waals surface area contributed by atoms with Crippen molar-refractivity contribution in [2.75, 3.05) is 41.6 Å². The zero-order valence-corrected chi connectivity index (χ0v) is 9.40. The van der Waals surface area contributed by atoms with E-state index in [0.29, 0.717) is 6.61 Å². The first-order valence-electron chi connectivity index (χ1n) is 4.28. The molecule has 0 bridgehead atoms. The van der Waals surface area contributed by atoms with Gasteiger partial charge in [0.2, 0.25) is 0 Å². The first-order valence-corrected chi connectivity index (χ1v) is 4.28. The van der Waals surface area contributed by atoms with Crippen molar-refractivity contribution in [3.8, 4) is 0 Å². The van der Waals surface area contributed by atoms with Gasteiger partial charge in [-0.25, -0.2) is 0 Å². The van der Waals surface area contributed by atoms with Crippen LogP contribution in [0.3, 0.4) is 0 Å². The van der Waals surface area contributed by atoms with Crippen molar-refractivity contribution in [1.82, 2.24) is 5.23 Å². The monoisotopic (exact) mass is 209 g/mol. The topological polar surface area (TPSA) is 49.4 Å². The van der Waals surface area contributed by atoms with Crippen LogP contribution in [0.4, 0.5) is 0 Å². The summed E-state index contributed by atoms with van der Waals surface area (Å²) in [5, 5.41) is 1.23. The van der Waals surface area contributed by atoms with Crippen LogP contribution >= 0.6 is 0 Å². The number of nitrogens with zero attached hydrogens (tertiary/aromatic N) is 1. The van der Waals surface area contributed by atoms with Crippen LogP contribution in [-0.4, -0.2) is 52.8 Å². The summed E-state index contributed by atoms with van der Waals surface area (Å²) in [6.45, 7) is 2.52. The minimum absolute atomic E-state index is 0.181. The Morgan fingerprint density at radius 2 is 1.50 bits per heavy atom. The van der Waals surface area contributed by atoms with Gasteiger partial charge in [0, 0.05) is 21.3 Å². The van der Waals surface area contributed by atoms with Crippen molar-refractivity contribution in [2.45, 2.75) is 12.9 Å². The molecular formula is C8H19NO5. The highest BCUT2D eigenvalue weighted by molar-refractivity contribution is 4.55. The van der Waals surface area contributed by atoms with Crippen LogP contribution in [0, 0.1) is 0 Å². The third-order valence-corrected chi connectivity index (χ3v) is 1.73. The van der Waals surface area contributed by atoms with Crippen LogP contribution in [0.15, 0.2) is 0 Å². The van der Waals surface area contributed by atoms with Crippen LogP contribution in [0.5, 0.6) is 0 Å². The minimum atomic E-state index is -1.18. The average molecular weight is 209 g/mol. The van der Waals surface area contributed by atoms with Crippen molar-refractivity contribution in [3.05, 3.63) is 0 Å². The zero-order valence-electron chi connectivity index (χ0n) is 9.40. The van der Waals surface area contributed by atoms with E-state index in [2.05, 4.69) is 0 Å². The summed E-state index contributed by atoms with van der Waals surface area (Å²) < 4.78 is 15.2. The fourth-order valence-corrected chi connectivity index (χ4v) is 0.909. The second kappa shape index (κ2) is 7.10. The lowest BCUT2D eigenvalue weighted by molar-refractivity contribution is -0.432. The van der Waals surface area contributed by atoms with E-state index in [1.54, 1.807) is 0 Å². The smallest absolute Gasteiger partial charge is 0.300 e. The van der Waals surface area contributed by atoms with Gasteiger partial charge in [-0.05, 0) is 6.92 Å². The number of hydroxylamine groups is 2. The van der Waals surface area contributed by atoms with Crippen molar-refractivity contribution in [3.63, 3.8) is 0 Å². The molecule has 0 amide bonds. The van der Waals surface area contributed by atoms with Gasteiger partial charge in [0.05, 0.1) is 13.7 Å². The maximum atomic E-state index is 5.12. The van der Waals surface area contributed by atoms with Crippen molar-refractivity contribution < 1.29 is 23.9 Å². The summed E-state index contributed by atoms with van der Waals surface area (Å²) in [5.41, 5.74) is 0. The number of rotatable bonds is 8. The molecule has 0 saturated heterocycles. The SMILES string of the molecule is CCON(CC(OC)(OC)OC)OC. The highest BCUT2D eigenvalue weighted by Gasteiger charge is 2.33. The molecule has 0 aliphatic carbocycles. The molecule has 0 aromatic heterocycles. The molecule has 0 aromatic rings. The number of ether oxygens (including phenoxy) is 3. The summed E-state index contributed by atoms with van der Waals surface area (Å²) in [4.78, 5) is 10.0. The Hall–Kier alpha value is -0.240. The summed E-state index contributed by atoms with van der Waals surface area (Å²) >= 11 is 0. The van der Waals surface area contributed by atoms with Gasteiger partial charge in [0.1, 0.15) is 6.54 Å². The molecule has 0 saturated carbocycles. The predicted molar refractivity (Wildman–Crippen MR) is 49.1 cm³/mol. The van der Waals surface area contributed by atoms with E-state index in [1.807, 2.05) is 6.92 Å². The third-order valence-electron chi connectivity index (χ3n) is 1.73. The molecule has 0 heterocycles. The molecule has 0 spiro atoms. The molecule has 6 nitrogen and oxygen atoms in total. The fourth-order valence-electron chi connectivity index (χ4n) is 0.909. The van der Waals surface area contributed by atoms with Crippen molar-refractivity contribution >= 4 is 0 Å². The zero-order chi connectivity index (χ0) is 11.0. The first kappa shape index (κ1) is 13.8. The largest absolute Gasteiger partial charge is 0.330 e. The molecule has 14 heavy (non-hydrogen) atoms. The van der Waals surface area contributed by atoms with E-state index in [4.69, 9.17) is 23.9 Å². The van der Waals surface area contributed by atoms with Gasteiger partial charge in [0.15, 0.2) is 0 Å². The van der Waals surface area contributed by atoms with Gasteiger partial charge < -0.3 is 14.2 Å². The minimum Gasteiger partial charge on any atom is -0.330 e. The van der Waals surface area contributed by atoms with Gasteiger partial charge in [-0.2, -0.15) is 0 Å². The Morgan fingerprint density at radius 1 is 1.00 bits per heavy atom. The Kier molecular flexibility index (Phi) is 6.98. The molecule has 0 atom stereocenters. The van der Waals surface area contributed by atoms with Gasteiger partial charge in [-0.1, -0.05) is 5.23 Å². The number of hydrogen-bond donors (Lipinski definition) is 0. The highest BCUT2D eigenvalue weighted by Crippen LogP contribution is 2.14. The lowest BCUT2D eigenvalue weighted by atomic mass is 10.5. The summed E-state index contributed by atoms with van der Waals surface area (Å²) in [5.74, 6) is -1.18. The lowest BCUT2D eigenvalue weighted by Gasteiger charge is -2.31. The van der Waals surface area contributed by atoms with Gasteiger partial charge in [0.25, 0.3) is 0 Å². The van der Waals surface area contributed by atoms with Crippen molar-refractivity contribution in [1.29, 1.82) is 0 Å². The molecule has 0 unspecified atom stereocenters. The molecule has 0 rings (SSSR count). The lowest BCUT2D eigenvalue weighted by Crippen LogP contribution is -2.47. The first-order chi connectivity index (χ1) is 6.67. The third kappa shape index (κ3) is 3.87. The van der Waals surface area contributed by atoms with Crippen LogP contribution in [0.25, 0.3) is 0 Å². The van der Waals surface area contributed by atoms with E-state index in [0.717, 1.165) is 0 Å². The second-order valence-corrected chi connectivity index (χ2v) is 2.39. The molecular weight excluding hydrogens is 190 g/mol. The maximum Gasteiger partial charge on any atom is 0.300 e. The van der Waals surface area contributed by atoms with Crippen LogP contribution in [-0.2, 0) is 23.9 Å². The van der Waals surface area contributed by atoms with E-state index in [9.17, 15) is 0 Å². The van der Waals surface area contributed by atoms with E-state index in [-0.39, 0.29) is 6.54 Å². The van der Waals surface area contributed by atoms with Crippen LogP contribution < -0.4 is 0 Å². The van der Waals surface area contributed by atoms with Gasteiger partial charge in [-0.3, -0.25) is 9.68 Å². The quantitative estimate of drug-likeness (QED) is 0.426. The van der Waals surface area contributed by atoms with Crippen LogP contribution in [0.2, 0.25) is 0 Å². The molecule has 0 aromatic carbocycles. The van der Waals surface area contributed by atoms with Gasteiger partial charge >= 0.3 is 5.97 Å². The Labute approximate surface area is 84.5 Å². The molecule has 6 heteroatoms. The molecule has 86 valence electrons. The molecule has 0 aliphatic rings. The highest BCUT2D eigenvalue weighted by atomic mass is 17.0. The molecule has 0 radical (unpaired) electrons. The fraction of sp³-hybridized carbons (Fsp3) is 1.00. The molecule has 0 fully saturated rings. The van der Waals surface area contributed by atoms with E-state index < -0.39 is 5.97 Å². The second-order valence-electron chi connectivity index (χ2n) is 2.39. The number of hydrogen-bond acceptors (Lipinski definition) is 6. The van der Waals surface area contributed by atoms with Crippen molar-refractivity contribution in [2.24, 2.45) is 0 Å². The summed E-state index contributed by atoms with van der Waals surface area (Å²) in [6.07, 6.45) is 0.